The molecule has 2 aromatic carbocycles. The molecule has 2 aliphatic rings. The zero-order chi connectivity index (χ0) is 20.6. The first kappa shape index (κ1) is 20.2. The Morgan fingerprint density at radius 3 is 2.50 bits per heavy atom. The molecule has 4 rings (SSSR count). The van der Waals surface area contributed by atoms with Crippen molar-refractivity contribution in [1.29, 1.82) is 0 Å². The van der Waals surface area contributed by atoms with Crippen LogP contribution in [0.5, 0.6) is 11.5 Å². The van der Waals surface area contributed by atoms with Crippen molar-refractivity contribution in [3.05, 3.63) is 71.8 Å². The molecule has 5 heteroatoms. The Bertz CT molecular complexity index is 900. The van der Waals surface area contributed by atoms with Crippen LogP contribution in [0.1, 0.15) is 17.5 Å². The van der Waals surface area contributed by atoms with Gasteiger partial charge in [0, 0.05) is 12.5 Å². The highest BCUT2D eigenvalue weighted by Gasteiger charge is 2.21. The van der Waals surface area contributed by atoms with Crippen molar-refractivity contribution in [2.45, 2.75) is 6.42 Å². The van der Waals surface area contributed by atoms with E-state index < -0.39 is 0 Å². The zero-order valence-corrected chi connectivity index (χ0v) is 17.3. The van der Waals surface area contributed by atoms with Crippen LogP contribution in [0.15, 0.2) is 60.7 Å². The molecule has 0 bridgehead atoms. The summed E-state index contributed by atoms with van der Waals surface area (Å²) in [6.07, 6.45) is 8.81. The van der Waals surface area contributed by atoms with Gasteiger partial charge in [-0.1, -0.05) is 42.5 Å². The Morgan fingerprint density at radius 2 is 1.70 bits per heavy atom. The zero-order valence-electron chi connectivity index (χ0n) is 17.3. The van der Waals surface area contributed by atoms with Gasteiger partial charge < -0.3 is 19.3 Å². The number of carbonyl (C=O) groups is 1. The summed E-state index contributed by atoms with van der Waals surface area (Å²) in [5.41, 5.74) is 2.17. The van der Waals surface area contributed by atoms with Crippen LogP contribution in [0, 0.1) is 0 Å². The maximum atomic E-state index is 12.6. The van der Waals surface area contributed by atoms with Crippen molar-refractivity contribution in [3.63, 3.8) is 0 Å². The van der Waals surface area contributed by atoms with Gasteiger partial charge in [-0.2, -0.15) is 0 Å². The third-order valence-corrected chi connectivity index (χ3v) is 5.49. The van der Waals surface area contributed by atoms with E-state index in [0.29, 0.717) is 13.2 Å². The number of quaternary nitrogens is 1. The van der Waals surface area contributed by atoms with Crippen molar-refractivity contribution in [1.82, 2.24) is 4.90 Å². The molecule has 5 nitrogen and oxygen atoms in total. The minimum atomic E-state index is 0.0704. The van der Waals surface area contributed by atoms with Crippen LogP contribution in [0.25, 0.3) is 12.2 Å². The molecule has 0 spiro atoms. The fraction of sp³-hybridized carbons (Fsp3) is 0.320. The molecule has 2 aliphatic heterocycles. The number of hydrogen-bond donors (Lipinski definition) is 1. The number of nitrogens with zero attached hydrogens (tertiary/aromatic N) is 1. The van der Waals surface area contributed by atoms with E-state index in [-0.39, 0.29) is 5.91 Å². The van der Waals surface area contributed by atoms with Crippen LogP contribution in [0.3, 0.4) is 0 Å². The molecule has 0 aliphatic carbocycles. The predicted octanol–water partition coefficient (Wildman–Crippen LogP) is 2.30. The number of ether oxygens (including phenoxy) is 2. The van der Waals surface area contributed by atoms with Crippen molar-refractivity contribution in [2.24, 2.45) is 0 Å². The number of piperazine rings is 1. The third-order valence-electron chi connectivity index (χ3n) is 5.49. The number of nitrogens with one attached hydrogen (secondary N) is 1. The van der Waals surface area contributed by atoms with Gasteiger partial charge in [0.2, 0.25) is 5.91 Å². The Morgan fingerprint density at radius 1 is 0.933 bits per heavy atom. The van der Waals surface area contributed by atoms with Gasteiger partial charge in [-0.25, -0.2) is 0 Å². The van der Waals surface area contributed by atoms with Gasteiger partial charge in [0.1, 0.15) is 0 Å². The minimum Gasteiger partial charge on any atom is -0.490 e. The molecule has 2 heterocycles. The molecule has 2 aromatic rings. The standard InChI is InChI=1S/C25H28N2O3/c28-25(12-10-22-9-11-23-24(20-22)30-19-5-18-29-23)27-16-14-26(15-17-27)13-4-8-21-6-2-1-3-7-21/h1-4,6-12,20H,5,13-19H2/p+1/b8-4+,12-10+. The van der Waals surface area contributed by atoms with Gasteiger partial charge in [0.25, 0.3) is 0 Å². The van der Waals surface area contributed by atoms with E-state index in [2.05, 4.69) is 36.4 Å². The normalized spacial score (nSPS) is 17.4. The molecule has 156 valence electrons. The van der Waals surface area contributed by atoms with Gasteiger partial charge in [0.15, 0.2) is 11.5 Å². The van der Waals surface area contributed by atoms with Crippen LogP contribution in [-0.2, 0) is 4.79 Å². The summed E-state index contributed by atoms with van der Waals surface area (Å²) < 4.78 is 11.4. The molecule has 1 N–H and O–H groups in total. The fourth-order valence-corrected chi connectivity index (χ4v) is 3.73. The van der Waals surface area contributed by atoms with Crippen LogP contribution in [0.2, 0.25) is 0 Å². The molecule has 0 aromatic heterocycles. The molecular weight excluding hydrogens is 376 g/mol. The summed E-state index contributed by atoms with van der Waals surface area (Å²) in [6, 6.07) is 16.2. The lowest BCUT2D eigenvalue weighted by atomic mass is 10.2. The monoisotopic (exact) mass is 405 g/mol. The highest BCUT2D eigenvalue weighted by atomic mass is 16.5. The number of amides is 1. The third kappa shape index (κ3) is 5.51. The van der Waals surface area contributed by atoms with E-state index in [0.717, 1.165) is 56.2 Å². The second kappa shape index (κ2) is 10.1. The first-order valence-electron chi connectivity index (χ1n) is 10.7. The number of benzene rings is 2. The summed E-state index contributed by atoms with van der Waals surface area (Å²) in [7, 11) is 0. The molecular formula is C25H29N2O3+. The van der Waals surface area contributed by atoms with Gasteiger partial charge in [-0.3, -0.25) is 4.79 Å². The van der Waals surface area contributed by atoms with Gasteiger partial charge in [-0.05, 0) is 35.4 Å². The van der Waals surface area contributed by atoms with E-state index in [1.165, 1.54) is 10.5 Å². The summed E-state index contributed by atoms with van der Waals surface area (Å²) in [5.74, 6) is 1.60. The Hall–Kier alpha value is -3.05. The molecule has 0 unspecified atom stereocenters. The van der Waals surface area contributed by atoms with Crippen LogP contribution < -0.4 is 14.4 Å². The molecule has 30 heavy (non-hydrogen) atoms. The first-order chi connectivity index (χ1) is 14.8. The molecule has 0 radical (unpaired) electrons. The minimum absolute atomic E-state index is 0.0704. The average molecular weight is 406 g/mol. The molecule has 0 atom stereocenters. The van der Waals surface area contributed by atoms with E-state index in [1.807, 2.05) is 35.2 Å². The molecule has 1 amide bonds. The van der Waals surface area contributed by atoms with Crippen LogP contribution in [0.4, 0.5) is 0 Å². The van der Waals surface area contributed by atoms with Gasteiger partial charge in [0.05, 0.1) is 45.9 Å². The lowest BCUT2D eigenvalue weighted by Gasteiger charge is -2.31. The van der Waals surface area contributed by atoms with Crippen molar-refractivity contribution in [3.8, 4) is 11.5 Å². The van der Waals surface area contributed by atoms with Crippen molar-refractivity contribution >= 4 is 18.1 Å². The Kier molecular flexibility index (Phi) is 6.83. The number of fused-ring (bicyclic) bond motifs is 1. The second-order valence-corrected chi connectivity index (χ2v) is 7.68. The molecule has 1 fully saturated rings. The predicted molar refractivity (Wildman–Crippen MR) is 119 cm³/mol. The lowest BCUT2D eigenvalue weighted by molar-refractivity contribution is -0.898. The number of rotatable bonds is 5. The van der Waals surface area contributed by atoms with E-state index in [4.69, 9.17) is 9.47 Å². The Balaban J connectivity index is 1.25. The highest BCUT2D eigenvalue weighted by Crippen LogP contribution is 2.30. The summed E-state index contributed by atoms with van der Waals surface area (Å²) in [4.78, 5) is 16.0. The second-order valence-electron chi connectivity index (χ2n) is 7.68. The van der Waals surface area contributed by atoms with E-state index in [9.17, 15) is 4.79 Å². The molecule has 1 saturated heterocycles. The smallest absolute Gasteiger partial charge is 0.246 e. The van der Waals surface area contributed by atoms with Gasteiger partial charge in [-0.15, -0.1) is 0 Å². The number of carbonyl (C=O) groups excluding carboxylic acids is 1. The topological polar surface area (TPSA) is 43.2 Å². The highest BCUT2D eigenvalue weighted by molar-refractivity contribution is 5.91. The lowest BCUT2D eigenvalue weighted by Crippen LogP contribution is -3.14. The SMILES string of the molecule is O=C(/C=C/c1ccc2c(c1)OCCCO2)N1CC[NH+](C/C=C/c2ccccc2)CC1. The van der Waals surface area contributed by atoms with Crippen molar-refractivity contribution in [2.75, 3.05) is 45.9 Å². The quantitative estimate of drug-likeness (QED) is 0.777. The number of hydrogen-bond acceptors (Lipinski definition) is 3. The fourth-order valence-electron chi connectivity index (χ4n) is 3.73. The summed E-state index contributed by atoms with van der Waals surface area (Å²) in [5, 5.41) is 0. The maximum Gasteiger partial charge on any atom is 0.246 e. The van der Waals surface area contributed by atoms with E-state index in [1.54, 1.807) is 6.08 Å². The van der Waals surface area contributed by atoms with Crippen LogP contribution in [-0.4, -0.2) is 56.7 Å². The summed E-state index contributed by atoms with van der Waals surface area (Å²) >= 11 is 0. The summed E-state index contributed by atoms with van der Waals surface area (Å²) in [6.45, 7) is 5.86. The largest absolute Gasteiger partial charge is 0.490 e. The maximum absolute atomic E-state index is 12.6. The Labute approximate surface area is 178 Å². The first-order valence-corrected chi connectivity index (χ1v) is 10.7. The van der Waals surface area contributed by atoms with Gasteiger partial charge >= 0.3 is 0 Å². The average Bonchev–Trinajstić information content (AvgIpc) is 3.04. The van der Waals surface area contributed by atoms with E-state index >= 15 is 0 Å². The molecule has 0 saturated carbocycles. The van der Waals surface area contributed by atoms with Crippen LogP contribution >= 0.6 is 0 Å². The van der Waals surface area contributed by atoms with Crippen molar-refractivity contribution < 1.29 is 19.2 Å².